The van der Waals surface area contributed by atoms with Crippen LogP contribution in [0.2, 0.25) is 10.0 Å². The Labute approximate surface area is 219 Å². The highest BCUT2D eigenvalue weighted by atomic mass is 35.5. The quantitative estimate of drug-likeness (QED) is 0.509. The lowest BCUT2D eigenvalue weighted by molar-refractivity contribution is -0.126. The molecule has 2 aliphatic heterocycles. The van der Waals surface area contributed by atoms with Crippen LogP contribution in [-0.2, 0) is 16.1 Å². The average molecular weight is 539 g/mol. The highest BCUT2D eigenvalue weighted by Gasteiger charge is 2.36. The van der Waals surface area contributed by atoms with Crippen molar-refractivity contribution in [2.45, 2.75) is 25.0 Å². The molecule has 1 aromatic carbocycles. The Morgan fingerprint density at radius 3 is 2.58 bits per heavy atom. The van der Waals surface area contributed by atoms with Crippen LogP contribution in [0.3, 0.4) is 0 Å². The third-order valence-electron chi connectivity index (χ3n) is 6.36. The number of carbonyl (C=O) groups is 1. The Kier molecular flexibility index (Phi) is 7.65. The lowest BCUT2D eigenvalue weighted by atomic mass is 10.1. The smallest absolute Gasteiger partial charge is 0.246 e. The number of nitrogens with one attached hydrogen (secondary N) is 1. The summed E-state index contributed by atoms with van der Waals surface area (Å²) in [5.74, 6) is 1.40. The number of methoxy groups -OCH3 is 2. The minimum atomic E-state index is -1.15. The van der Waals surface area contributed by atoms with E-state index in [4.69, 9.17) is 37.4 Å². The summed E-state index contributed by atoms with van der Waals surface area (Å²) in [6, 6.07) is 1.17. The first-order valence-corrected chi connectivity index (χ1v) is 11.8. The Hall–Kier alpha value is -2.99. The highest BCUT2D eigenvalue weighted by Crippen LogP contribution is 2.48. The molecule has 0 aliphatic carbocycles. The molecule has 3 atom stereocenters. The van der Waals surface area contributed by atoms with E-state index in [1.807, 2.05) is 0 Å². The molecule has 1 amide bonds. The molecular formula is C23H28Cl2N6O5. The summed E-state index contributed by atoms with van der Waals surface area (Å²) in [4.78, 5) is 25.9. The summed E-state index contributed by atoms with van der Waals surface area (Å²) in [5.41, 5.74) is 1.10. The number of benzene rings is 1. The van der Waals surface area contributed by atoms with Gasteiger partial charge >= 0.3 is 0 Å². The number of aliphatic hydroxyl groups is 1. The lowest BCUT2D eigenvalue weighted by Crippen LogP contribution is -2.51. The number of aromatic nitrogens is 2. The maximum Gasteiger partial charge on any atom is 0.246 e. The minimum Gasteiger partial charge on any atom is -0.495 e. The van der Waals surface area contributed by atoms with Crippen LogP contribution in [0, 0.1) is 0 Å². The van der Waals surface area contributed by atoms with Gasteiger partial charge in [0.15, 0.2) is 0 Å². The highest BCUT2D eigenvalue weighted by molar-refractivity contribution is 6.41. The van der Waals surface area contributed by atoms with Gasteiger partial charge in [-0.1, -0.05) is 29.8 Å². The van der Waals surface area contributed by atoms with Gasteiger partial charge in [-0.3, -0.25) is 4.79 Å². The van der Waals surface area contributed by atoms with E-state index in [0.29, 0.717) is 42.2 Å². The van der Waals surface area contributed by atoms with Gasteiger partial charge in [0, 0.05) is 31.9 Å². The van der Waals surface area contributed by atoms with E-state index in [-0.39, 0.29) is 34.6 Å². The molecule has 36 heavy (non-hydrogen) atoms. The van der Waals surface area contributed by atoms with Crippen molar-refractivity contribution in [3.05, 3.63) is 40.5 Å². The lowest BCUT2D eigenvalue weighted by Gasteiger charge is -2.42. The predicted octanol–water partition coefficient (Wildman–Crippen LogP) is 2.36. The zero-order chi connectivity index (χ0) is 26.1. The second-order valence-electron chi connectivity index (χ2n) is 8.39. The van der Waals surface area contributed by atoms with Crippen molar-refractivity contribution in [1.82, 2.24) is 14.9 Å². The molecule has 2 N–H and O–H groups in total. The fourth-order valence-electron chi connectivity index (χ4n) is 4.32. The average Bonchev–Trinajstić information content (AvgIpc) is 3.34. The summed E-state index contributed by atoms with van der Waals surface area (Å²) in [6.07, 6.45) is 1.79. The molecule has 0 saturated carbocycles. The van der Waals surface area contributed by atoms with E-state index >= 15 is 0 Å². The summed E-state index contributed by atoms with van der Waals surface area (Å²) in [7, 11) is 6.37. The summed E-state index contributed by atoms with van der Waals surface area (Å²) < 4.78 is 16.3. The molecule has 11 nitrogen and oxygen atoms in total. The first-order chi connectivity index (χ1) is 17.2. The predicted molar refractivity (Wildman–Crippen MR) is 137 cm³/mol. The topological polar surface area (TPSA) is 113 Å². The van der Waals surface area contributed by atoms with Crippen molar-refractivity contribution >= 4 is 46.6 Å². The van der Waals surface area contributed by atoms with E-state index in [1.165, 1.54) is 20.3 Å². The second-order valence-corrected chi connectivity index (χ2v) is 9.15. The monoisotopic (exact) mass is 538 g/mol. The molecule has 3 unspecified atom stereocenters. The van der Waals surface area contributed by atoms with Gasteiger partial charge in [0.05, 0.1) is 51.7 Å². The molecule has 1 fully saturated rings. The van der Waals surface area contributed by atoms with Crippen LogP contribution >= 0.6 is 23.2 Å². The SMILES string of the molecule is C=CC(=O)N(C)C1COCC1Nc1ncc2c(n1)N(C)C(O)N(c1c(Cl)c(OC)cc(OC)c1Cl)C2. The molecule has 4 rings (SSSR count). The maximum atomic E-state index is 12.1. The fourth-order valence-corrected chi connectivity index (χ4v) is 5.04. The van der Waals surface area contributed by atoms with E-state index in [1.54, 1.807) is 41.1 Å². The van der Waals surface area contributed by atoms with Gasteiger partial charge in [-0.2, -0.15) is 4.98 Å². The van der Waals surface area contributed by atoms with Gasteiger partial charge in [0.25, 0.3) is 0 Å². The zero-order valence-electron chi connectivity index (χ0n) is 20.4. The van der Waals surface area contributed by atoms with Crippen LogP contribution < -0.4 is 24.6 Å². The standard InChI is InChI=1S/C23H28Cl2N6O5/c1-6-17(32)29(2)14-11-36-10-13(14)27-22-26-8-12-9-31(23(33)30(3)21(12)28-22)20-18(24)15(34-4)7-16(35-5)19(20)25/h6-8,13-14,23,33H,1,9-11H2,2-5H3,(H,26,27,28). The third-order valence-corrected chi connectivity index (χ3v) is 7.09. The molecule has 1 aromatic heterocycles. The number of fused-ring (bicyclic) bond motifs is 1. The number of amides is 1. The summed E-state index contributed by atoms with van der Waals surface area (Å²) in [6.45, 7) is 4.54. The van der Waals surface area contributed by atoms with Crippen LogP contribution in [0.15, 0.2) is 24.9 Å². The van der Waals surface area contributed by atoms with Gasteiger partial charge in [-0.25, -0.2) is 4.98 Å². The molecule has 1 saturated heterocycles. The molecule has 0 radical (unpaired) electrons. The van der Waals surface area contributed by atoms with Crippen LogP contribution in [0.4, 0.5) is 17.5 Å². The number of hydrogen-bond acceptors (Lipinski definition) is 10. The van der Waals surface area contributed by atoms with Crippen LogP contribution in [-0.4, -0.2) is 85.8 Å². The minimum absolute atomic E-state index is 0.196. The maximum absolute atomic E-state index is 12.1. The van der Waals surface area contributed by atoms with Crippen molar-refractivity contribution < 1.29 is 24.1 Å². The zero-order valence-corrected chi connectivity index (χ0v) is 21.9. The number of anilines is 3. The van der Waals surface area contributed by atoms with Crippen LogP contribution in [0.25, 0.3) is 0 Å². The molecule has 13 heteroatoms. The molecular weight excluding hydrogens is 511 g/mol. The number of rotatable bonds is 7. The van der Waals surface area contributed by atoms with E-state index in [2.05, 4.69) is 21.9 Å². The van der Waals surface area contributed by atoms with Gasteiger partial charge in [0.1, 0.15) is 27.4 Å². The van der Waals surface area contributed by atoms with Gasteiger partial charge < -0.3 is 39.3 Å². The van der Waals surface area contributed by atoms with Crippen molar-refractivity contribution in [2.75, 3.05) is 56.6 Å². The number of hydrogen-bond donors (Lipinski definition) is 2. The molecule has 0 spiro atoms. The van der Waals surface area contributed by atoms with Gasteiger partial charge in [-0.15, -0.1) is 0 Å². The Morgan fingerprint density at radius 2 is 1.97 bits per heavy atom. The first-order valence-electron chi connectivity index (χ1n) is 11.1. The third kappa shape index (κ3) is 4.59. The Morgan fingerprint density at radius 1 is 1.31 bits per heavy atom. The number of halogens is 2. The number of nitrogens with zero attached hydrogens (tertiary/aromatic N) is 5. The summed E-state index contributed by atoms with van der Waals surface area (Å²) >= 11 is 13.2. The number of ether oxygens (including phenoxy) is 3. The molecule has 0 bridgehead atoms. The van der Waals surface area contributed by atoms with Crippen molar-refractivity contribution in [2.24, 2.45) is 0 Å². The van der Waals surface area contributed by atoms with E-state index < -0.39 is 6.35 Å². The molecule has 2 aliphatic rings. The molecule has 194 valence electrons. The van der Waals surface area contributed by atoms with Crippen LogP contribution in [0.5, 0.6) is 11.5 Å². The number of carbonyl (C=O) groups excluding carboxylic acids is 1. The second kappa shape index (κ2) is 10.6. The number of aliphatic hydroxyl groups excluding tert-OH is 1. The van der Waals surface area contributed by atoms with E-state index in [9.17, 15) is 9.90 Å². The Balaban J connectivity index is 1.62. The Bertz CT molecular complexity index is 1140. The number of likely N-dealkylation sites (N-methyl/N-ethyl adjacent to an activating group) is 1. The van der Waals surface area contributed by atoms with Crippen molar-refractivity contribution in [3.8, 4) is 11.5 Å². The molecule has 2 aromatic rings. The molecule has 3 heterocycles. The largest absolute Gasteiger partial charge is 0.495 e. The van der Waals surface area contributed by atoms with Crippen LogP contribution in [0.1, 0.15) is 5.56 Å². The summed E-state index contributed by atoms with van der Waals surface area (Å²) in [5, 5.41) is 14.9. The van der Waals surface area contributed by atoms with Gasteiger partial charge in [0.2, 0.25) is 18.2 Å². The first kappa shape index (κ1) is 26.1. The van der Waals surface area contributed by atoms with Crippen molar-refractivity contribution in [1.29, 1.82) is 0 Å². The van der Waals surface area contributed by atoms with Gasteiger partial charge in [-0.05, 0) is 6.08 Å². The van der Waals surface area contributed by atoms with E-state index in [0.717, 1.165) is 5.56 Å². The van der Waals surface area contributed by atoms with Crippen molar-refractivity contribution in [3.63, 3.8) is 0 Å². The normalized spacial score (nSPS) is 21.1. The fraction of sp³-hybridized carbons (Fsp3) is 0.435.